The highest BCUT2D eigenvalue weighted by Crippen LogP contribution is 2.49. The lowest BCUT2D eigenvalue weighted by atomic mass is 9.63. The van der Waals surface area contributed by atoms with E-state index in [1.54, 1.807) is 12.1 Å². The van der Waals surface area contributed by atoms with E-state index in [9.17, 15) is 4.39 Å². The second-order valence-corrected chi connectivity index (χ2v) is 10.2. The summed E-state index contributed by atoms with van der Waals surface area (Å²) in [5.74, 6) is 2.32. The molecule has 0 aromatic heterocycles. The lowest BCUT2D eigenvalue weighted by Gasteiger charge is -2.42. The van der Waals surface area contributed by atoms with Crippen molar-refractivity contribution in [1.82, 2.24) is 0 Å². The minimum atomic E-state index is -0.223. The Balaban J connectivity index is 1.47. The van der Waals surface area contributed by atoms with E-state index in [1.165, 1.54) is 51.4 Å². The first-order chi connectivity index (χ1) is 15.1. The first-order valence-electron chi connectivity index (χ1n) is 12.6. The fourth-order valence-electron chi connectivity index (χ4n) is 6.35. The molecule has 4 rings (SSSR count). The number of hydrogen-bond acceptors (Lipinski definition) is 0. The number of benzene rings is 2. The monoisotopic (exact) mass is 424 g/mol. The number of unbranched alkanes of at least 4 members (excludes halogenated alkanes) is 2. The molecule has 2 aliphatic carbocycles. The molecule has 0 radical (unpaired) electrons. The lowest BCUT2D eigenvalue weighted by molar-refractivity contribution is 0.112. The second kappa shape index (κ2) is 10.3. The van der Waals surface area contributed by atoms with Crippen molar-refractivity contribution in [2.45, 2.75) is 89.9 Å². The Morgan fingerprint density at radius 2 is 1.74 bits per heavy atom. The molecule has 168 valence electrons. The molecule has 2 heteroatoms. The number of aryl methyl sites for hydroxylation is 1. The van der Waals surface area contributed by atoms with Gasteiger partial charge in [-0.25, -0.2) is 8.78 Å². The minimum Gasteiger partial charge on any atom is -0.207 e. The summed E-state index contributed by atoms with van der Waals surface area (Å²) in [4.78, 5) is 0. The Morgan fingerprint density at radius 3 is 2.55 bits per heavy atom. The van der Waals surface area contributed by atoms with Crippen LogP contribution in [0.15, 0.2) is 36.9 Å². The fourth-order valence-corrected chi connectivity index (χ4v) is 6.35. The quantitative estimate of drug-likeness (QED) is 0.293. The molecule has 2 aliphatic rings. The molecule has 0 heterocycles. The van der Waals surface area contributed by atoms with Crippen molar-refractivity contribution in [3.63, 3.8) is 0 Å². The standard InChI is InChI=1S/C29H38F2/c1-3-5-7-9-20-10-11-23-17-24(13-12-22(23)14-20)26-19-27-25(18-29(26)31)15-21(8-6-4-2)16-28(27)30/h4,15-16,18-20,22-24H,2-3,5-14,17H2,1H3. The van der Waals surface area contributed by atoms with Gasteiger partial charge < -0.3 is 0 Å². The van der Waals surface area contributed by atoms with Gasteiger partial charge in [-0.1, -0.05) is 51.2 Å². The van der Waals surface area contributed by atoms with Gasteiger partial charge in [-0.3, -0.25) is 0 Å². The molecule has 2 fully saturated rings. The van der Waals surface area contributed by atoms with Gasteiger partial charge in [-0.05, 0) is 103 Å². The Bertz CT molecular complexity index is 899. The van der Waals surface area contributed by atoms with Crippen LogP contribution in [0.5, 0.6) is 0 Å². The zero-order chi connectivity index (χ0) is 21.8. The Morgan fingerprint density at radius 1 is 0.935 bits per heavy atom. The summed E-state index contributed by atoms with van der Waals surface area (Å²) in [6.45, 7) is 6.01. The van der Waals surface area contributed by atoms with E-state index in [2.05, 4.69) is 13.5 Å². The molecule has 0 aliphatic heterocycles. The number of hydrogen-bond donors (Lipinski definition) is 0. The van der Waals surface area contributed by atoms with Crippen LogP contribution >= 0.6 is 0 Å². The number of fused-ring (bicyclic) bond motifs is 2. The van der Waals surface area contributed by atoms with E-state index >= 15 is 4.39 Å². The molecular formula is C29H38F2. The summed E-state index contributed by atoms with van der Waals surface area (Å²) in [7, 11) is 0. The van der Waals surface area contributed by atoms with Crippen LogP contribution < -0.4 is 0 Å². The van der Waals surface area contributed by atoms with Gasteiger partial charge >= 0.3 is 0 Å². The van der Waals surface area contributed by atoms with Crippen LogP contribution in [0.4, 0.5) is 8.78 Å². The first kappa shape index (κ1) is 22.5. The van der Waals surface area contributed by atoms with Crippen LogP contribution in [-0.4, -0.2) is 0 Å². The van der Waals surface area contributed by atoms with Crippen molar-refractivity contribution < 1.29 is 8.78 Å². The molecule has 2 aromatic carbocycles. The highest BCUT2D eigenvalue weighted by atomic mass is 19.1. The highest BCUT2D eigenvalue weighted by molar-refractivity contribution is 5.85. The maximum Gasteiger partial charge on any atom is 0.131 e. The van der Waals surface area contributed by atoms with E-state index in [1.807, 2.05) is 18.2 Å². The largest absolute Gasteiger partial charge is 0.207 e. The molecule has 2 saturated carbocycles. The zero-order valence-corrected chi connectivity index (χ0v) is 19.1. The van der Waals surface area contributed by atoms with Crippen molar-refractivity contribution in [1.29, 1.82) is 0 Å². The van der Waals surface area contributed by atoms with E-state index < -0.39 is 0 Å². The van der Waals surface area contributed by atoms with Crippen molar-refractivity contribution in [2.75, 3.05) is 0 Å². The number of rotatable bonds is 8. The van der Waals surface area contributed by atoms with Gasteiger partial charge in [0, 0.05) is 5.39 Å². The topological polar surface area (TPSA) is 0 Å². The predicted molar refractivity (Wildman–Crippen MR) is 127 cm³/mol. The van der Waals surface area contributed by atoms with Gasteiger partial charge in [0.05, 0.1) is 0 Å². The van der Waals surface area contributed by atoms with E-state index in [0.717, 1.165) is 54.6 Å². The smallest absolute Gasteiger partial charge is 0.131 e. The Kier molecular flexibility index (Phi) is 7.46. The van der Waals surface area contributed by atoms with E-state index in [4.69, 9.17) is 0 Å². The van der Waals surface area contributed by atoms with Gasteiger partial charge in [0.15, 0.2) is 0 Å². The van der Waals surface area contributed by atoms with Crippen LogP contribution in [-0.2, 0) is 6.42 Å². The molecule has 31 heavy (non-hydrogen) atoms. The molecule has 0 amide bonds. The molecule has 0 spiro atoms. The van der Waals surface area contributed by atoms with Crippen molar-refractivity contribution >= 4 is 10.8 Å². The van der Waals surface area contributed by atoms with E-state index in [-0.39, 0.29) is 17.6 Å². The number of allylic oxidation sites excluding steroid dienone is 1. The van der Waals surface area contributed by atoms with Crippen molar-refractivity contribution in [3.05, 3.63) is 59.7 Å². The second-order valence-electron chi connectivity index (χ2n) is 10.2. The van der Waals surface area contributed by atoms with Gasteiger partial charge in [0.1, 0.15) is 11.6 Å². The summed E-state index contributed by atoms with van der Waals surface area (Å²) in [6.07, 6.45) is 16.2. The van der Waals surface area contributed by atoms with Crippen LogP contribution in [0.2, 0.25) is 0 Å². The summed E-state index contributed by atoms with van der Waals surface area (Å²) in [5.41, 5.74) is 1.65. The fraction of sp³-hybridized carbons (Fsp3) is 0.586. The van der Waals surface area contributed by atoms with Crippen molar-refractivity contribution in [2.24, 2.45) is 17.8 Å². The Labute approximate surface area is 187 Å². The molecular weight excluding hydrogens is 386 g/mol. The predicted octanol–water partition coefficient (Wildman–Crippen LogP) is 9.12. The maximum absolute atomic E-state index is 15.1. The van der Waals surface area contributed by atoms with Crippen molar-refractivity contribution in [3.8, 4) is 0 Å². The third kappa shape index (κ3) is 5.21. The lowest BCUT2D eigenvalue weighted by Crippen LogP contribution is -2.30. The molecule has 4 unspecified atom stereocenters. The maximum atomic E-state index is 15.1. The number of halogens is 2. The summed E-state index contributed by atoms with van der Waals surface area (Å²) in [5, 5.41) is 1.25. The average molecular weight is 425 g/mol. The minimum absolute atomic E-state index is 0.149. The van der Waals surface area contributed by atoms with Gasteiger partial charge in [-0.2, -0.15) is 0 Å². The van der Waals surface area contributed by atoms with Crippen LogP contribution in [0.1, 0.15) is 94.6 Å². The molecule has 0 nitrogen and oxygen atoms in total. The summed E-state index contributed by atoms with van der Waals surface area (Å²) < 4.78 is 30.0. The summed E-state index contributed by atoms with van der Waals surface area (Å²) >= 11 is 0. The Hall–Kier alpha value is -1.70. The van der Waals surface area contributed by atoms with Gasteiger partial charge in [0.2, 0.25) is 0 Å². The van der Waals surface area contributed by atoms with Gasteiger partial charge in [-0.15, -0.1) is 6.58 Å². The highest BCUT2D eigenvalue weighted by Gasteiger charge is 2.36. The molecule has 0 saturated heterocycles. The van der Waals surface area contributed by atoms with Crippen LogP contribution in [0.25, 0.3) is 10.8 Å². The van der Waals surface area contributed by atoms with E-state index in [0.29, 0.717) is 10.8 Å². The normalized spacial score (nSPS) is 26.0. The van der Waals surface area contributed by atoms with Gasteiger partial charge in [0.25, 0.3) is 0 Å². The summed E-state index contributed by atoms with van der Waals surface area (Å²) in [6, 6.07) is 6.94. The van der Waals surface area contributed by atoms with Crippen LogP contribution in [0, 0.1) is 29.4 Å². The third-order valence-corrected chi connectivity index (χ3v) is 8.09. The first-order valence-corrected chi connectivity index (χ1v) is 12.6. The molecule has 0 bridgehead atoms. The zero-order valence-electron chi connectivity index (χ0n) is 19.1. The molecule has 2 aromatic rings. The van der Waals surface area contributed by atoms with Crippen LogP contribution in [0.3, 0.4) is 0 Å². The average Bonchev–Trinajstić information content (AvgIpc) is 2.77. The molecule has 4 atom stereocenters. The SMILES string of the molecule is C=CCCc1cc(F)c2cc(C3CCC4CC(CCCCC)CCC4C3)c(F)cc2c1. The molecule has 0 N–H and O–H groups in total. The third-order valence-electron chi connectivity index (χ3n) is 8.09.